The third kappa shape index (κ3) is 4.28. The average Bonchev–Trinajstić information content (AvgIpc) is 3.15. The molecule has 5 rings (SSSR count). The van der Waals surface area contributed by atoms with Crippen LogP contribution in [-0.2, 0) is 16.6 Å². The van der Waals surface area contributed by atoms with Crippen LogP contribution in [0.1, 0.15) is 29.7 Å². The number of nitrogens with one attached hydrogen (secondary N) is 2. The molecule has 10 heteroatoms. The SMILES string of the molecule is CCOC(=O)C1=C(CSc2nnc3c4ccccc4n(C)c3n2)NC(=O)NC1c1cc(C)ccc1C. The number of hydrogen-bond donors (Lipinski definition) is 2. The van der Waals surface area contributed by atoms with Crippen molar-refractivity contribution in [2.24, 2.45) is 7.05 Å². The predicted octanol–water partition coefficient (Wildman–Crippen LogP) is 4.10. The lowest BCUT2D eigenvalue weighted by Gasteiger charge is -2.30. The molecule has 1 unspecified atom stereocenters. The lowest BCUT2D eigenvalue weighted by atomic mass is 9.91. The van der Waals surface area contributed by atoms with Gasteiger partial charge in [0.2, 0.25) is 5.16 Å². The zero-order chi connectivity index (χ0) is 25.4. The van der Waals surface area contributed by atoms with Crippen molar-refractivity contribution in [3.8, 4) is 0 Å². The molecule has 2 aromatic carbocycles. The zero-order valence-corrected chi connectivity index (χ0v) is 21.3. The van der Waals surface area contributed by atoms with Crippen molar-refractivity contribution in [1.29, 1.82) is 0 Å². The summed E-state index contributed by atoms with van der Waals surface area (Å²) in [6, 6.07) is 12.9. The van der Waals surface area contributed by atoms with Crippen molar-refractivity contribution < 1.29 is 14.3 Å². The van der Waals surface area contributed by atoms with Gasteiger partial charge in [-0.1, -0.05) is 53.7 Å². The minimum atomic E-state index is -0.631. The number of fused-ring (bicyclic) bond motifs is 3. The molecule has 1 aliphatic heterocycles. The fraction of sp³-hybridized carbons (Fsp3) is 0.269. The second-order valence-corrected chi connectivity index (χ2v) is 9.58. The third-order valence-electron chi connectivity index (χ3n) is 6.23. The van der Waals surface area contributed by atoms with E-state index in [1.54, 1.807) is 6.92 Å². The minimum absolute atomic E-state index is 0.223. The number of carbonyl (C=O) groups excluding carboxylic acids is 2. The molecule has 0 saturated carbocycles. The highest BCUT2D eigenvalue weighted by molar-refractivity contribution is 7.99. The van der Waals surface area contributed by atoms with E-state index < -0.39 is 12.0 Å². The summed E-state index contributed by atoms with van der Waals surface area (Å²) in [6.07, 6.45) is 0. The molecule has 2 amide bonds. The Hall–Kier alpha value is -3.92. The summed E-state index contributed by atoms with van der Waals surface area (Å²) in [5.74, 6) is -0.213. The van der Waals surface area contributed by atoms with Crippen molar-refractivity contribution in [3.63, 3.8) is 0 Å². The predicted molar refractivity (Wildman–Crippen MR) is 139 cm³/mol. The van der Waals surface area contributed by atoms with Crippen LogP contribution in [0, 0.1) is 13.8 Å². The molecule has 2 N–H and O–H groups in total. The molecule has 2 aromatic heterocycles. The van der Waals surface area contributed by atoms with E-state index in [9.17, 15) is 9.59 Å². The first-order valence-corrected chi connectivity index (χ1v) is 12.6. The van der Waals surface area contributed by atoms with Crippen LogP contribution < -0.4 is 10.6 Å². The summed E-state index contributed by atoms with van der Waals surface area (Å²) in [5, 5.41) is 15.9. The molecular weight excluding hydrogens is 476 g/mol. The van der Waals surface area contributed by atoms with Crippen molar-refractivity contribution in [2.75, 3.05) is 12.4 Å². The number of para-hydroxylation sites is 1. The molecule has 0 aliphatic carbocycles. The summed E-state index contributed by atoms with van der Waals surface area (Å²) in [4.78, 5) is 30.5. The minimum Gasteiger partial charge on any atom is -0.463 e. The van der Waals surface area contributed by atoms with Crippen LogP contribution in [0.5, 0.6) is 0 Å². The number of aromatic nitrogens is 4. The Labute approximate surface area is 212 Å². The maximum absolute atomic E-state index is 13.1. The van der Waals surface area contributed by atoms with Crippen LogP contribution in [0.3, 0.4) is 0 Å². The number of urea groups is 1. The molecule has 0 saturated heterocycles. The molecule has 1 aliphatic rings. The molecule has 1 atom stereocenters. The quantitative estimate of drug-likeness (QED) is 0.302. The van der Waals surface area contributed by atoms with Gasteiger partial charge < -0.3 is 19.9 Å². The summed E-state index contributed by atoms with van der Waals surface area (Å²) in [5.41, 5.74) is 6.16. The van der Waals surface area contributed by atoms with Crippen molar-refractivity contribution in [1.82, 2.24) is 30.4 Å². The van der Waals surface area contributed by atoms with Gasteiger partial charge in [0.25, 0.3) is 0 Å². The van der Waals surface area contributed by atoms with Crippen LogP contribution in [0.4, 0.5) is 4.79 Å². The van der Waals surface area contributed by atoms with Crippen molar-refractivity contribution in [2.45, 2.75) is 32.0 Å². The molecule has 184 valence electrons. The Balaban J connectivity index is 1.52. The van der Waals surface area contributed by atoms with E-state index >= 15 is 0 Å². The van der Waals surface area contributed by atoms with Crippen molar-refractivity contribution >= 4 is 45.8 Å². The van der Waals surface area contributed by atoms with Gasteiger partial charge in [-0.25, -0.2) is 14.6 Å². The van der Waals surface area contributed by atoms with Gasteiger partial charge in [0.1, 0.15) is 5.52 Å². The molecule has 4 aromatic rings. The normalized spacial score (nSPS) is 15.8. The summed E-state index contributed by atoms with van der Waals surface area (Å²) in [7, 11) is 1.94. The highest BCUT2D eigenvalue weighted by Crippen LogP contribution is 2.33. The molecule has 9 nitrogen and oxygen atoms in total. The molecule has 0 radical (unpaired) electrons. The fourth-order valence-corrected chi connectivity index (χ4v) is 5.23. The van der Waals surface area contributed by atoms with Gasteiger partial charge >= 0.3 is 12.0 Å². The first kappa shape index (κ1) is 23.8. The maximum atomic E-state index is 13.1. The molecule has 36 heavy (non-hydrogen) atoms. The first-order chi connectivity index (χ1) is 17.4. The van der Waals surface area contributed by atoms with Gasteiger partial charge in [0, 0.05) is 23.9 Å². The molecular formula is C26H26N6O3S. The Kier molecular flexibility index (Phi) is 6.36. The van der Waals surface area contributed by atoms with Gasteiger partial charge in [0.15, 0.2) is 5.65 Å². The number of amides is 2. The lowest BCUT2D eigenvalue weighted by molar-refractivity contribution is -0.139. The number of ether oxygens (including phenoxy) is 1. The molecule has 0 spiro atoms. The molecule has 0 bridgehead atoms. The highest BCUT2D eigenvalue weighted by Gasteiger charge is 2.34. The van der Waals surface area contributed by atoms with E-state index in [-0.39, 0.29) is 18.4 Å². The van der Waals surface area contributed by atoms with Crippen LogP contribution >= 0.6 is 11.8 Å². The van der Waals surface area contributed by atoms with Crippen LogP contribution in [-0.4, -0.2) is 44.1 Å². The summed E-state index contributed by atoms with van der Waals surface area (Å²) < 4.78 is 7.37. The Morgan fingerprint density at radius 2 is 1.97 bits per heavy atom. The third-order valence-corrected chi connectivity index (χ3v) is 7.09. The van der Waals surface area contributed by atoms with Gasteiger partial charge in [-0.05, 0) is 38.0 Å². The summed E-state index contributed by atoms with van der Waals surface area (Å²) in [6.45, 7) is 5.91. The van der Waals surface area contributed by atoms with E-state index in [4.69, 9.17) is 9.72 Å². The van der Waals surface area contributed by atoms with Crippen LogP contribution in [0.25, 0.3) is 22.1 Å². The number of aryl methyl sites for hydroxylation is 3. The van der Waals surface area contributed by atoms with Gasteiger partial charge in [0.05, 0.1) is 23.7 Å². The van der Waals surface area contributed by atoms with Gasteiger partial charge in [-0.2, -0.15) is 0 Å². The lowest BCUT2D eigenvalue weighted by Crippen LogP contribution is -2.46. The largest absolute Gasteiger partial charge is 0.463 e. The molecule has 0 fully saturated rings. The van der Waals surface area contributed by atoms with Gasteiger partial charge in [-0.15, -0.1) is 10.2 Å². The average molecular weight is 503 g/mol. The van der Waals surface area contributed by atoms with E-state index in [1.807, 2.05) is 67.9 Å². The number of benzene rings is 2. The second-order valence-electron chi connectivity index (χ2n) is 8.64. The number of carbonyl (C=O) groups is 2. The second kappa shape index (κ2) is 9.62. The number of rotatable bonds is 6. The topological polar surface area (TPSA) is 111 Å². The number of hydrogen-bond acceptors (Lipinski definition) is 7. The Morgan fingerprint density at radius 3 is 2.78 bits per heavy atom. The number of esters is 1. The maximum Gasteiger partial charge on any atom is 0.338 e. The van der Waals surface area contributed by atoms with E-state index in [2.05, 4.69) is 20.8 Å². The highest BCUT2D eigenvalue weighted by atomic mass is 32.2. The van der Waals surface area contributed by atoms with Gasteiger partial charge in [-0.3, -0.25) is 0 Å². The van der Waals surface area contributed by atoms with E-state index in [0.29, 0.717) is 16.4 Å². The monoisotopic (exact) mass is 502 g/mol. The van der Waals surface area contributed by atoms with Crippen LogP contribution in [0.15, 0.2) is 58.9 Å². The first-order valence-electron chi connectivity index (χ1n) is 11.6. The smallest absolute Gasteiger partial charge is 0.338 e. The number of thioether (sulfide) groups is 1. The summed E-state index contributed by atoms with van der Waals surface area (Å²) >= 11 is 1.30. The van der Waals surface area contributed by atoms with E-state index in [0.717, 1.165) is 38.8 Å². The zero-order valence-electron chi connectivity index (χ0n) is 20.5. The van der Waals surface area contributed by atoms with E-state index in [1.165, 1.54) is 11.8 Å². The molecule has 3 heterocycles. The Bertz CT molecular complexity index is 1540. The number of nitrogens with zero attached hydrogens (tertiary/aromatic N) is 4. The standard InChI is InChI=1S/C26H26N6O3S/c1-5-35-24(33)20-18(27-25(34)28-21(20)17-12-14(2)10-11-15(17)3)13-36-26-29-23-22(30-31-26)16-8-6-7-9-19(16)32(23)4/h6-12,21H,5,13H2,1-4H3,(H2,27,28,34). The van der Waals surface area contributed by atoms with Crippen LogP contribution in [0.2, 0.25) is 0 Å². The van der Waals surface area contributed by atoms with Crippen molar-refractivity contribution in [3.05, 3.63) is 70.4 Å². The Morgan fingerprint density at radius 1 is 1.17 bits per heavy atom. The fourth-order valence-electron chi connectivity index (χ4n) is 4.48.